The fraction of sp³-hybridized carbons (Fsp3) is 0.444. The summed E-state index contributed by atoms with van der Waals surface area (Å²) in [6.45, 7) is 4.73. The van der Waals surface area contributed by atoms with Gasteiger partial charge in [-0.2, -0.15) is 0 Å². The molecule has 2 aromatic rings. The van der Waals surface area contributed by atoms with Crippen molar-refractivity contribution in [1.29, 1.82) is 0 Å². The van der Waals surface area contributed by atoms with Crippen molar-refractivity contribution in [2.75, 3.05) is 13.2 Å². The van der Waals surface area contributed by atoms with E-state index in [1.165, 1.54) is 0 Å². The molecule has 136 valence electrons. The van der Waals surface area contributed by atoms with Crippen LogP contribution in [0.25, 0.3) is 10.1 Å². The number of ether oxygens (including phenoxy) is 2. The summed E-state index contributed by atoms with van der Waals surface area (Å²) in [4.78, 5) is 24.6. The van der Waals surface area contributed by atoms with E-state index in [0.717, 1.165) is 37.0 Å². The van der Waals surface area contributed by atoms with Gasteiger partial charge in [0, 0.05) is 5.39 Å². The summed E-state index contributed by atoms with van der Waals surface area (Å²) in [5.74, 6) is -0.945. The van der Waals surface area contributed by atoms with Crippen LogP contribution in [0, 0.1) is 0 Å². The fourth-order valence-corrected chi connectivity index (χ4v) is 3.94. The van der Waals surface area contributed by atoms with Crippen molar-refractivity contribution in [3.63, 3.8) is 0 Å². The molecule has 0 N–H and O–H groups in total. The van der Waals surface area contributed by atoms with E-state index in [4.69, 9.17) is 32.7 Å². The number of fused-ring (bicyclic) bond motifs is 1. The first-order valence-corrected chi connectivity index (χ1v) is 9.83. The standard InChI is InChI=1S/C18H20Cl2O4S/c1-3-5-9-23-17(21)12-8-7-11-13(19)16(25-15(11)14(12)20)18(22)24-10-6-4-2/h7-8H,3-6,9-10H2,1-2H3. The highest BCUT2D eigenvalue weighted by atomic mass is 35.5. The molecule has 1 heterocycles. The lowest BCUT2D eigenvalue weighted by atomic mass is 10.1. The van der Waals surface area contributed by atoms with Gasteiger partial charge in [-0.15, -0.1) is 11.3 Å². The Kier molecular flexibility index (Phi) is 7.54. The first-order valence-electron chi connectivity index (χ1n) is 8.25. The molecule has 0 spiro atoms. The number of carbonyl (C=O) groups excluding carboxylic acids is 2. The molecule has 0 atom stereocenters. The van der Waals surface area contributed by atoms with Crippen LogP contribution in [0.3, 0.4) is 0 Å². The number of carbonyl (C=O) groups is 2. The lowest BCUT2D eigenvalue weighted by Crippen LogP contribution is -2.06. The Morgan fingerprint density at radius 3 is 2.16 bits per heavy atom. The minimum Gasteiger partial charge on any atom is -0.462 e. The summed E-state index contributed by atoms with van der Waals surface area (Å²) >= 11 is 13.8. The van der Waals surface area contributed by atoms with E-state index < -0.39 is 11.9 Å². The maximum atomic E-state index is 12.2. The molecular formula is C18H20Cl2O4S. The predicted molar refractivity (Wildman–Crippen MR) is 102 cm³/mol. The molecule has 0 fully saturated rings. The molecule has 1 aromatic heterocycles. The second-order valence-corrected chi connectivity index (χ2v) is 7.30. The van der Waals surface area contributed by atoms with Gasteiger partial charge in [-0.1, -0.05) is 56.0 Å². The summed E-state index contributed by atoms with van der Waals surface area (Å²) in [5, 5.41) is 1.18. The van der Waals surface area contributed by atoms with Crippen molar-refractivity contribution in [2.45, 2.75) is 39.5 Å². The quantitative estimate of drug-likeness (QED) is 0.394. The van der Waals surface area contributed by atoms with Gasteiger partial charge in [0.1, 0.15) is 4.88 Å². The molecule has 25 heavy (non-hydrogen) atoms. The van der Waals surface area contributed by atoms with Gasteiger partial charge in [-0.25, -0.2) is 9.59 Å². The van der Waals surface area contributed by atoms with Gasteiger partial charge in [0.25, 0.3) is 0 Å². The Balaban J connectivity index is 2.29. The maximum Gasteiger partial charge on any atom is 0.349 e. The van der Waals surface area contributed by atoms with Gasteiger partial charge in [0.05, 0.1) is 33.5 Å². The predicted octanol–water partition coefficient (Wildman–Crippen LogP) is 6.12. The topological polar surface area (TPSA) is 52.6 Å². The van der Waals surface area contributed by atoms with Crippen LogP contribution in [-0.2, 0) is 9.47 Å². The first kappa shape index (κ1) is 20.0. The molecule has 2 rings (SSSR count). The Morgan fingerprint density at radius 1 is 0.960 bits per heavy atom. The van der Waals surface area contributed by atoms with E-state index >= 15 is 0 Å². The molecule has 1 aromatic carbocycles. The minimum absolute atomic E-state index is 0.249. The Labute approximate surface area is 161 Å². The van der Waals surface area contributed by atoms with E-state index in [9.17, 15) is 9.59 Å². The van der Waals surface area contributed by atoms with Crippen molar-refractivity contribution >= 4 is 56.6 Å². The van der Waals surface area contributed by atoms with Crippen LogP contribution >= 0.6 is 34.5 Å². The summed E-state index contributed by atoms with van der Waals surface area (Å²) < 4.78 is 11.0. The van der Waals surface area contributed by atoms with Gasteiger partial charge in [-0.05, 0) is 18.9 Å². The molecule has 0 saturated carbocycles. The van der Waals surface area contributed by atoms with Crippen molar-refractivity contribution in [3.05, 3.63) is 32.6 Å². The van der Waals surface area contributed by atoms with Crippen LogP contribution in [0.15, 0.2) is 12.1 Å². The van der Waals surface area contributed by atoms with Crippen LogP contribution in [0.5, 0.6) is 0 Å². The Hall–Kier alpha value is -1.30. The van der Waals surface area contributed by atoms with Crippen LogP contribution in [0.2, 0.25) is 10.0 Å². The van der Waals surface area contributed by atoms with Gasteiger partial charge in [-0.3, -0.25) is 0 Å². The van der Waals surface area contributed by atoms with Crippen molar-refractivity contribution < 1.29 is 19.1 Å². The third-order valence-electron chi connectivity index (χ3n) is 3.60. The second-order valence-electron chi connectivity index (χ2n) is 5.53. The second kappa shape index (κ2) is 9.41. The number of rotatable bonds is 8. The summed E-state index contributed by atoms with van der Waals surface area (Å²) in [6.07, 6.45) is 3.46. The number of esters is 2. The average molecular weight is 403 g/mol. The molecular weight excluding hydrogens is 383 g/mol. The van der Waals surface area contributed by atoms with E-state index in [2.05, 4.69) is 0 Å². The van der Waals surface area contributed by atoms with Gasteiger partial charge >= 0.3 is 11.9 Å². The molecule has 4 nitrogen and oxygen atoms in total. The zero-order valence-electron chi connectivity index (χ0n) is 14.2. The van der Waals surface area contributed by atoms with Crippen molar-refractivity contribution in [3.8, 4) is 0 Å². The fourth-order valence-electron chi connectivity index (χ4n) is 2.15. The first-order chi connectivity index (χ1) is 12.0. The van der Waals surface area contributed by atoms with E-state index in [1.807, 2.05) is 13.8 Å². The molecule has 0 saturated heterocycles. The highest BCUT2D eigenvalue weighted by Crippen LogP contribution is 2.41. The minimum atomic E-state index is -0.475. The lowest BCUT2D eigenvalue weighted by Gasteiger charge is -2.06. The monoisotopic (exact) mass is 402 g/mol. The largest absolute Gasteiger partial charge is 0.462 e. The van der Waals surface area contributed by atoms with E-state index in [0.29, 0.717) is 33.2 Å². The lowest BCUT2D eigenvalue weighted by molar-refractivity contribution is 0.0493. The molecule has 7 heteroatoms. The molecule has 0 aliphatic carbocycles. The highest BCUT2D eigenvalue weighted by Gasteiger charge is 2.23. The van der Waals surface area contributed by atoms with Crippen molar-refractivity contribution in [1.82, 2.24) is 0 Å². The highest BCUT2D eigenvalue weighted by molar-refractivity contribution is 7.22. The molecule has 0 aliphatic rings. The zero-order valence-corrected chi connectivity index (χ0v) is 16.5. The van der Waals surface area contributed by atoms with Crippen molar-refractivity contribution in [2.24, 2.45) is 0 Å². The number of thiophene rings is 1. The number of benzene rings is 1. The number of unbranched alkanes of at least 4 members (excludes halogenated alkanes) is 2. The number of hydrogen-bond acceptors (Lipinski definition) is 5. The van der Waals surface area contributed by atoms with Crippen LogP contribution < -0.4 is 0 Å². The maximum absolute atomic E-state index is 12.2. The molecule has 0 aliphatic heterocycles. The van der Waals surface area contributed by atoms with E-state index in [-0.39, 0.29) is 10.6 Å². The van der Waals surface area contributed by atoms with Crippen LogP contribution in [0.1, 0.15) is 59.6 Å². The molecule has 0 amide bonds. The Bertz CT molecular complexity index is 770. The third kappa shape index (κ3) is 4.66. The molecule has 0 unspecified atom stereocenters. The summed E-state index contributed by atoms with van der Waals surface area (Å²) in [7, 11) is 0. The van der Waals surface area contributed by atoms with E-state index in [1.54, 1.807) is 12.1 Å². The zero-order chi connectivity index (χ0) is 18.4. The summed E-state index contributed by atoms with van der Waals surface area (Å²) in [5.41, 5.74) is 0.272. The third-order valence-corrected chi connectivity index (χ3v) is 5.82. The Morgan fingerprint density at radius 2 is 1.56 bits per heavy atom. The van der Waals surface area contributed by atoms with Crippen LogP contribution in [0.4, 0.5) is 0 Å². The average Bonchev–Trinajstić information content (AvgIpc) is 2.93. The smallest absolute Gasteiger partial charge is 0.349 e. The van der Waals surface area contributed by atoms with Crippen LogP contribution in [-0.4, -0.2) is 25.2 Å². The molecule has 0 bridgehead atoms. The van der Waals surface area contributed by atoms with Gasteiger partial charge in [0.15, 0.2) is 0 Å². The SMILES string of the molecule is CCCCOC(=O)c1ccc2c(Cl)c(C(=O)OCCCC)sc2c1Cl. The number of hydrogen-bond donors (Lipinski definition) is 0. The van der Waals surface area contributed by atoms with Gasteiger partial charge < -0.3 is 9.47 Å². The normalized spacial score (nSPS) is 10.9. The number of halogens is 2. The molecule has 0 radical (unpaired) electrons. The van der Waals surface area contributed by atoms with Gasteiger partial charge in [0.2, 0.25) is 0 Å². The summed E-state index contributed by atoms with van der Waals surface area (Å²) in [6, 6.07) is 3.25.